The van der Waals surface area contributed by atoms with Crippen LogP contribution in [0.2, 0.25) is 0 Å². The average Bonchev–Trinajstić information content (AvgIpc) is 3.08. The lowest BCUT2D eigenvalue weighted by atomic mass is 10.0. The molecule has 3 aromatic rings. The van der Waals surface area contributed by atoms with Gasteiger partial charge in [0.25, 0.3) is 0 Å². The zero-order valence-corrected chi connectivity index (χ0v) is 16.2. The summed E-state index contributed by atoms with van der Waals surface area (Å²) in [5.74, 6) is 1.18. The molecule has 0 bridgehead atoms. The summed E-state index contributed by atoms with van der Waals surface area (Å²) < 4.78 is 1.69. The first-order valence-electron chi connectivity index (χ1n) is 9.38. The van der Waals surface area contributed by atoms with E-state index in [0.717, 1.165) is 16.8 Å². The molecule has 3 rings (SSSR count). The van der Waals surface area contributed by atoms with Crippen LogP contribution in [0.5, 0.6) is 5.75 Å². The van der Waals surface area contributed by atoms with Gasteiger partial charge in [0.2, 0.25) is 0 Å². The molecule has 1 heterocycles. The molecule has 0 amide bonds. The van der Waals surface area contributed by atoms with Crippen molar-refractivity contribution in [3.05, 3.63) is 54.7 Å². The highest BCUT2D eigenvalue weighted by Gasteiger charge is 2.05. The van der Waals surface area contributed by atoms with Crippen LogP contribution in [0.15, 0.2) is 54.7 Å². The molecule has 1 unspecified atom stereocenters. The molecule has 1 N–H and O–H groups in total. The maximum absolute atomic E-state index is 9.73. The van der Waals surface area contributed by atoms with Gasteiger partial charge in [-0.25, -0.2) is 4.68 Å². The van der Waals surface area contributed by atoms with Gasteiger partial charge in [-0.1, -0.05) is 84.2 Å². The van der Waals surface area contributed by atoms with Gasteiger partial charge < -0.3 is 5.11 Å². The first kappa shape index (κ1) is 20.8. The van der Waals surface area contributed by atoms with Crippen molar-refractivity contribution in [2.24, 2.45) is 5.92 Å². The Bertz CT molecular complexity index is 700. The molecule has 0 aliphatic heterocycles. The second kappa shape index (κ2) is 11.3. The first-order chi connectivity index (χ1) is 12.2. The number of nitrogens with zero attached hydrogens (tertiary/aromatic N) is 2. The van der Waals surface area contributed by atoms with Gasteiger partial charge >= 0.3 is 0 Å². The summed E-state index contributed by atoms with van der Waals surface area (Å²) >= 11 is 0. The highest BCUT2D eigenvalue weighted by atomic mass is 16.3. The predicted molar refractivity (Wildman–Crippen MR) is 108 cm³/mol. The normalized spacial score (nSPS) is 11.1. The predicted octanol–water partition coefficient (Wildman–Crippen LogP) is 6.59. The molecule has 1 aromatic heterocycles. The van der Waals surface area contributed by atoms with E-state index in [1.54, 1.807) is 16.8 Å². The van der Waals surface area contributed by atoms with Gasteiger partial charge in [0, 0.05) is 11.6 Å². The van der Waals surface area contributed by atoms with Crippen molar-refractivity contribution in [3.8, 4) is 11.4 Å². The zero-order chi connectivity index (χ0) is 18.7. The van der Waals surface area contributed by atoms with Gasteiger partial charge in [-0.3, -0.25) is 0 Å². The van der Waals surface area contributed by atoms with Crippen molar-refractivity contribution < 1.29 is 5.11 Å². The number of aromatic nitrogens is 2. The van der Waals surface area contributed by atoms with E-state index >= 15 is 0 Å². The second-order valence-corrected chi connectivity index (χ2v) is 5.92. The molecule has 0 radical (unpaired) electrons. The number of hydrogen-bond acceptors (Lipinski definition) is 2. The van der Waals surface area contributed by atoms with Crippen molar-refractivity contribution in [3.63, 3.8) is 0 Å². The summed E-state index contributed by atoms with van der Waals surface area (Å²) in [5.41, 5.74) is 1.62. The van der Waals surface area contributed by atoms with E-state index in [-0.39, 0.29) is 5.75 Å². The fraction of sp³-hybridized carbons (Fsp3) is 0.409. The molecule has 136 valence electrons. The first-order valence-corrected chi connectivity index (χ1v) is 9.38. The van der Waals surface area contributed by atoms with Crippen LogP contribution in [0.1, 0.15) is 53.9 Å². The summed E-state index contributed by atoms with van der Waals surface area (Å²) in [5, 5.41) is 15.2. The minimum absolute atomic E-state index is 0.232. The van der Waals surface area contributed by atoms with Crippen LogP contribution >= 0.6 is 0 Å². The number of fused-ring (bicyclic) bond motifs is 1. The van der Waals surface area contributed by atoms with Gasteiger partial charge in [0.05, 0.1) is 5.52 Å². The Morgan fingerprint density at radius 3 is 2.20 bits per heavy atom. The molecule has 3 nitrogen and oxygen atoms in total. The smallest absolute Gasteiger partial charge is 0.141 e. The minimum Gasteiger partial charge on any atom is -0.506 e. The molecule has 1 atom stereocenters. The van der Waals surface area contributed by atoms with Crippen molar-refractivity contribution in [1.29, 1.82) is 0 Å². The Hall–Kier alpha value is -2.29. The Morgan fingerprint density at radius 2 is 1.64 bits per heavy atom. The Labute approximate surface area is 152 Å². The summed E-state index contributed by atoms with van der Waals surface area (Å²) in [6, 6.07) is 15.0. The molecule has 0 saturated heterocycles. The van der Waals surface area contributed by atoms with Crippen LogP contribution in [-0.2, 0) is 0 Å². The molecule has 2 aromatic carbocycles. The number of phenolic OH excluding ortho intramolecular Hbond substituents is 1. The van der Waals surface area contributed by atoms with Crippen LogP contribution in [-0.4, -0.2) is 14.9 Å². The zero-order valence-electron chi connectivity index (χ0n) is 16.2. The van der Waals surface area contributed by atoms with E-state index in [1.807, 2.05) is 56.4 Å². The van der Waals surface area contributed by atoms with Crippen LogP contribution in [0.4, 0.5) is 0 Å². The average molecular weight is 341 g/mol. The highest BCUT2D eigenvalue weighted by molar-refractivity contribution is 5.78. The third-order valence-corrected chi connectivity index (χ3v) is 4.02. The van der Waals surface area contributed by atoms with Gasteiger partial charge in [0.15, 0.2) is 0 Å². The summed E-state index contributed by atoms with van der Waals surface area (Å²) in [6.45, 7) is 10.8. The molecule has 0 aliphatic rings. The van der Waals surface area contributed by atoms with Crippen LogP contribution in [0.25, 0.3) is 16.6 Å². The SMILES string of the molecule is CC.CCCC(C)CC.Oc1ccccc1-n1cc2ccccc2n1. The van der Waals surface area contributed by atoms with Crippen molar-refractivity contribution in [2.75, 3.05) is 0 Å². The fourth-order valence-corrected chi connectivity index (χ4v) is 2.44. The third kappa shape index (κ3) is 6.26. The number of rotatable bonds is 4. The molecular weight excluding hydrogens is 308 g/mol. The summed E-state index contributed by atoms with van der Waals surface area (Å²) in [7, 11) is 0. The van der Waals surface area contributed by atoms with Gasteiger partial charge in [-0.2, -0.15) is 5.10 Å². The molecule has 0 fully saturated rings. The lowest BCUT2D eigenvalue weighted by molar-refractivity contribution is 0.470. The Kier molecular flexibility index (Phi) is 9.38. The van der Waals surface area contributed by atoms with E-state index in [1.165, 1.54) is 19.3 Å². The van der Waals surface area contributed by atoms with E-state index < -0.39 is 0 Å². The maximum Gasteiger partial charge on any atom is 0.141 e. The molecule has 25 heavy (non-hydrogen) atoms. The third-order valence-electron chi connectivity index (χ3n) is 4.02. The van der Waals surface area contributed by atoms with Crippen molar-refractivity contribution >= 4 is 10.9 Å². The Morgan fingerprint density at radius 1 is 1.00 bits per heavy atom. The molecule has 0 aliphatic carbocycles. The molecule has 0 spiro atoms. The van der Waals surface area contributed by atoms with Gasteiger partial charge in [-0.15, -0.1) is 0 Å². The van der Waals surface area contributed by atoms with E-state index in [4.69, 9.17) is 0 Å². The van der Waals surface area contributed by atoms with Gasteiger partial charge in [0.1, 0.15) is 11.4 Å². The number of hydrogen-bond donors (Lipinski definition) is 1. The van der Waals surface area contributed by atoms with E-state index in [9.17, 15) is 5.11 Å². The number of phenols is 1. The van der Waals surface area contributed by atoms with Crippen LogP contribution < -0.4 is 0 Å². The largest absolute Gasteiger partial charge is 0.506 e. The topological polar surface area (TPSA) is 38.0 Å². The maximum atomic E-state index is 9.73. The molecular formula is C22H32N2O. The summed E-state index contributed by atoms with van der Waals surface area (Å²) in [6.07, 6.45) is 5.99. The quantitative estimate of drug-likeness (QED) is 0.581. The van der Waals surface area contributed by atoms with E-state index in [0.29, 0.717) is 5.69 Å². The van der Waals surface area contributed by atoms with Crippen molar-refractivity contribution in [2.45, 2.75) is 53.9 Å². The summed E-state index contributed by atoms with van der Waals surface area (Å²) in [4.78, 5) is 0. The van der Waals surface area contributed by atoms with Gasteiger partial charge in [-0.05, 0) is 24.1 Å². The number of aromatic hydroxyl groups is 1. The monoisotopic (exact) mass is 340 g/mol. The molecule has 3 heteroatoms. The standard InChI is InChI=1S/C13H10N2O.C7H16.C2H6/c16-13-8-4-3-7-12(13)15-9-10-5-1-2-6-11(10)14-15;1-4-6-7(3)5-2;1-2/h1-9,16H;7H,4-6H2,1-3H3;1-2H3. The lowest BCUT2D eigenvalue weighted by Crippen LogP contribution is -1.93. The minimum atomic E-state index is 0.232. The fourth-order valence-electron chi connectivity index (χ4n) is 2.44. The van der Waals surface area contributed by atoms with Crippen LogP contribution in [0.3, 0.4) is 0 Å². The van der Waals surface area contributed by atoms with E-state index in [2.05, 4.69) is 25.9 Å². The number of para-hydroxylation sites is 2. The van der Waals surface area contributed by atoms with Crippen LogP contribution in [0, 0.1) is 5.92 Å². The second-order valence-electron chi connectivity index (χ2n) is 5.92. The Balaban J connectivity index is 0.000000297. The number of benzene rings is 2. The lowest BCUT2D eigenvalue weighted by Gasteiger charge is -2.02. The highest BCUT2D eigenvalue weighted by Crippen LogP contribution is 2.22. The van der Waals surface area contributed by atoms with Crippen molar-refractivity contribution in [1.82, 2.24) is 9.78 Å². The molecule has 0 saturated carbocycles.